The molecule has 0 spiro atoms. The summed E-state index contributed by atoms with van der Waals surface area (Å²) in [5, 5.41) is 8.80. The van der Waals surface area contributed by atoms with Crippen molar-refractivity contribution in [2.45, 2.75) is 57.0 Å². The SMILES string of the molecule is CN(CCCC(=O)O)C(=O)C1CC2CCCCC2N1C(=O)c1ccccc1. The summed E-state index contributed by atoms with van der Waals surface area (Å²) in [7, 11) is 1.71. The first-order chi connectivity index (χ1) is 13.0. The van der Waals surface area contributed by atoms with Gasteiger partial charge >= 0.3 is 5.97 Å². The van der Waals surface area contributed by atoms with Crippen molar-refractivity contribution in [3.63, 3.8) is 0 Å². The van der Waals surface area contributed by atoms with E-state index in [0.717, 1.165) is 25.7 Å². The molecule has 1 saturated carbocycles. The van der Waals surface area contributed by atoms with Gasteiger partial charge in [-0.3, -0.25) is 14.4 Å². The number of fused-ring (bicyclic) bond motifs is 1. The molecule has 146 valence electrons. The average Bonchev–Trinajstić information content (AvgIpc) is 3.06. The summed E-state index contributed by atoms with van der Waals surface area (Å²) in [6.07, 6.45) is 5.44. The number of rotatable bonds is 6. The van der Waals surface area contributed by atoms with E-state index >= 15 is 0 Å². The van der Waals surface area contributed by atoms with E-state index < -0.39 is 12.0 Å². The highest BCUT2D eigenvalue weighted by atomic mass is 16.4. The highest BCUT2D eigenvalue weighted by Gasteiger charge is 2.48. The second kappa shape index (κ2) is 8.55. The summed E-state index contributed by atoms with van der Waals surface area (Å²) < 4.78 is 0. The average molecular weight is 372 g/mol. The molecule has 0 radical (unpaired) electrons. The lowest BCUT2D eigenvalue weighted by Crippen LogP contribution is -2.50. The molecule has 6 heteroatoms. The van der Waals surface area contributed by atoms with Gasteiger partial charge in [0.1, 0.15) is 6.04 Å². The molecule has 6 nitrogen and oxygen atoms in total. The second-order valence-corrected chi connectivity index (χ2v) is 7.70. The fraction of sp³-hybridized carbons (Fsp3) is 0.571. The van der Waals surface area contributed by atoms with Crippen molar-refractivity contribution in [2.75, 3.05) is 13.6 Å². The Morgan fingerprint density at radius 1 is 1.15 bits per heavy atom. The minimum absolute atomic E-state index is 0.0419. The first-order valence-corrected chi connectivity index (χ1v) is 9.83. The second-order valence-electron chi connectivity index (χ2n) is 7.70. The van der Waals surface area contributed by atoms with Crippen LogP contribution in [0.2, 0.25) is 0 Å². The number of carbonyl (C=O) groups is 3. The van der Waals surface area contributed by atoms with Crippen molar-refractivity contribution in [1.82, 2.24) is 9.80 Å². The van der Waals surface area contributed by atoms with Gasteiger partial charge in [0.25, 0.3) is 5.91 Å². The van der Waals surface area contributed by atoms with Crippen LogP contribution < -0.4 is 0 Å². The van der Waals surface area contributed by atoms with Gasteiger partial charge in [-0.15, -0.1) is 0 Å². The first kappa shape index (κ1) is 19.4. The largest absolute Gasteiger partial charge is 0.481 e. The van der Waals surface area contributed by atoms with Crippen LogP contribution in [0.3, 0.4) is 0 Å². The lowest BCUT2D eigenvalue weighted by molar-refractivity contribution is -0.138. The Balaban J connectivity index is 1.77. The highest BCUT2D eigenvalue weighted by Crippen LogP contribution is 2.41. The Hall–Kier alpha value is -2.37. The number of nitrogens with zero attached hydrogens (tertiary/aromatic N) is 2. The van der Waals surface area contributed by atoms with E-state index in [-0.39, 0.29) is 24.3 Å². The maximum Gasteiger partial charge on any atom is 0.303 e. The summed E-state index contributed by atoms with van der Waals surface area (Å²) in [6, 6.07) is 8.86. The topological polar surface area (TPSA) is 77.9 Å². The van der Waals surface area contributed by atoms with Crippen molar-refractivity contribution in [3.8, 4) is 0 Å². The molecule has 0 bridgehead atoms. The minimum atomic E-state index is -0.858. The predicted molar refractivity (Wildman–Crippen MR) is 101 cm³/mol. The number of carbonyl (C=O) groups excluding carboxylic acids is 2. The van der Waals surface area contributed by atoms with Crippen LogP contribution in [0.1, 0.15) is 55.3 Å². The molecule has 1 aromatic carbocycles. The molecule has 27 heavy (non-hydrogen) atoms. The van der Waals surface area contributed by atoms with Crippen molar-refractivity contribution in [2.24, 2.45) is 5.92 Å². The molecule has 2 amide bonds. The third-order valence-electron chi connectivity index (χ3n) is 5.89. The van der Waals surface area contributed by atoms with Crippen LogP contribution in [0, 0.1) is 5.92 Å². The van der Waals surface area contributed by atoms with E-state index in [1.165, 1.54) is 0 Å². The molecule has 3 atom stereocenters. The zero-order chi connectivity index (χ0) is 19.4. The molecule has 2 aliphatic rings. The third-order valence-corrected chi connectivity index (χ3v) is 5.89. The van der Waals surface area contributed by atoms with E-state index in [2.05, 4.69) is 0 Å². The van der Waals surface area contributed by atoms with Crippen LogP contribution in [0.4, 0.5) is 0 Å². The zero-order valence-corrected chi connectivity index (χ0v) is 15.8. The fourth-order valence-electron chi connectivity index (χ4n) is 4.53. The van der Waals surface area contributed by atoms with Crippen LogP contribution in [-0.4, -0.2) is 58.4 Å². The molecule has 1 N–H and O–H groups in total. The van der Waals surface area contributed by atoms with Crippen LogP contribution in [0.25, 0.3) is 0 Å². The Labute approximate surface area is 160 Å². The molecule has 1 heterocycles. The van der Waals surface area contributed by atoms with Crippen molar-refractivity contribution in [3.05, 3.63) is 35.9 Å². The van der Waals surface area contributed by atoms with Crippen molar-refractivity contribution in [1.29, 1.82) is 0 Å². The molecule has 1 aliphatic heterocycles. The smallest absolute Gasteiger partial charge is 0.303 e. The summed E-state index contributed by atoms with van der Waals surface area (Å²) >= 11 is 0. The lowest BCUT2D eigenvalue weighted by atomic mass is 9.84. The van der Waals surface area contributed by atoms with Gasteiger partial charge in [0, 0.05) is 31.6 Å². The first-order valence-electron chi connectivity index (χ1n) is 9.83. The van der Waals surface area contributed by atoms with Gasteiger partial charge in [-0.05, 0) is 43.7 Å². The summed E-state index contributed by atoms with van der Waals surface area (Å²) in [4.78, 5) is 40.5. The Kier molecular flexibility index (Phi) is 6.14. The maximum absolute atomic E-state index is 13.2. The molecule has 1 saturated heterocycles. The van der Waals surface area contributed by atoms with Crippen LogP contribution in [0.15, 0.2) is 30.3 Å². The number of likely N-dealkylation sites (N-methyl/N-ethyl adjacent to an activating group) is 1. The molecule has 1 aromatic rings. The van der Waals surface area contributed by atoms with Gasteiger partial charge in [0.15, 0.2) is 0 Å². The molecule has 2 fully saturated rings. The van der Waals surface area contributed by atoms with Gasteiger partial charge < -0.3 is 14.9 Å². The summed E-state index contributed by atoms with van der Waals surface area (Å²) in [6.45, 7) is 0.393. The number of likely N-dealkylation sites (tertiary alicyclic amines) is 1. The maximum atomic E-state index is 13.2. The number of hydrogen-bond donors (Lipinski definition) is 1. The zero-order valence-electron chi connectivity index (χ0n) is 15.8. The number of carboxylic acid groups (broad SMARTS) is 1. The van der Waals surface area contributed by atoms with Gasteiger partial charge in [0.2, 0.25) is 5.91 Å². The van der Waals surface area contributed by atoms with Crippen LogP contribution in [0.5, 0.6) is 0 Å². The standard InChI is InChI=1S/C21H28N2O4/c1-22(13-7-12-19(24)25)21(27)18-14-16-10-5-6-11-17(16)23(18)20(26)15-8-3-2-4-9-15/h2-4,8-9,16-18H,5-7,10-14H2,1H3,(H,24,25). The quantitative estimate of drug-likeness (QED) is 0.833. The molecule has 3 unspecified atom stereocenters. The number of amides is 2. The van der Waals surface area contributed by atoms with E-state index in [4.69, 9.17) is 5.11 Å². The Morgan fingerprint density at radius 2 is 1.85 bits per heavy atom. The fourth-order valence-corrected chi connectivity index (χ4v) is 4.53. The molecule has 0 aromatic heterocycles. The number of aliphatic carboxylic acids is 1. The number of benzene rings is 1. The normalized spacial score (nSPS) is 24.3. The van der Waals surface area contributed by atoms with E-state index in [9.17, 15) is 14.4 Å². The molecule has 1 aliphatic carbocycles. The Bertz CT molecular complexity index is 691. The monoisotopic (exact) mass is 372 g/mol. The minimum Gasteiger partial charge on any atom is -0.481 e. The number of carboxylic acids is 1. The predicted octanol–water partition coefficient (Wildman–Crippen LogP) is 2.78. The third kappa shape index (κ3) is 4.31. The molecule has 3 rings (SSSR count). The summed E-state index contributed by atoms with van der Waals surface area (Å²) in [5.41, 5.74) is 0.620. The van der Waals surface area contributed by atoms with E-state index in [1.807, 2.05) is 23.1 Å². The van der Waals surface area contributed by atoms with Crippen LogP contribution >= 0.6 is 0 Å². The molecular formula is C21H28N2O4. The molecular weight excluding hydrogens is 344 g/mol. The highest BCUT2D eigenvalue weighted by molar-refractivity contribution is 5.98. The van der Waals surface area contributed by atoms with Gasteiger partial charge in [0.05, 0.1) is 0 Å². The van der Waals surface area contributed by atoms with Gasteiger partial charge in [-0.25, -0.2) is 0 Å². The van der Waals surface area contributed by atoms with Crippen molar-refractivity contribution < 1.29 is 19.5 Å². The van der Waals surface area contributed by atoms with Gasteiger partial charge in [-0.2, -0.15) is 0 Å². The van der Waals surface area contributed by atoms with E-state index in [1.54, 1.807) is 24.1 Å². The Morgan fingerprint density at radius 3 is 2.56 bits per heavy atom. The van der Waals surface area contributed by atoms with E-state index in [0.29, 0.717) is 30.9 Å². The summed E-state index contributed by atoms with van der Waals surface area (Å²) in [5.74, 6) is -0.613. The van der Waals surface area contributed by atoms with Crippen molar-refractivity contribution >= 4 is 17.8 Å². The van der Waals surface area contributed by atoms with Gasteiger partial charge in [-0.1, -0.05) is 31.0 Å². The number of hydrogen-bond acceptors (Lipinski definition) is 3. The van der Waals surface area contributed by atoms with Crippen LogP contribution in [-0.2, 0) is 9.59 Å². The lowest BCUT2D eigenvalue weighted by Gasteiger charge is -2.34.